The molecule has 1 amide bonds. The van der Waals surface area contributed by atoms with Gasteiger partial charge in [-0.25, -0.2) is 0 Å². The monoisotopic (exact) mass is 227 g/mol. The molecule has 1 rings (SSSR count). The van der Waals surface area contributed by atoms with Crippen LogP contribution < -0.4 is 5.73 Å². The zero-order valence-corrected chi connectivity index (χ0v) is 9.11. The molecular weight excluding hydrogens is 214 g/mol. The molecule has 4 heteroatoms. The maximum absolute atomic E-state index is 10.4. The molecule has 1 aromatic carbocycles. The molecule has 1 aromatic rings. The molecule has 0 saturated heterocycles. The number of amides is 1. The molecule has 3 nitrogen and oxygen atoms in total. The predicted molar refractivity (Wildman–Crippen MR) is 60.7 cm³/mol. The van der Waals surface area contributed by atoms with E-state index < -0.39 is 0 Å². The lowest BCUT2D eigenvalue weighted by Crippen LogP contribution is -2.10. The Bertz CT molecular complexity index is 288. The highest BCUT2D eigenvalue weighted by molar-refractivity contribution is 6.24. The van der Waals surface area contributed by atoms with E-state index in [4.69, 9.17) is 22.1 Å². The SMILES string of the molecule is NC(=O)CCc1ccccc1.O=CCCl. The van der Waals surface area contributed by atoms with Crippen molar-refractivity contribution >= 4 is 23.8 Å². The summed E-state index contributed by atoms with van der Waals surface area (Å²) in [6.07, 6.45) is 1.82. The Morgan fingerprint density at radius 3 is 2.27 bits per heavy atom. The highest BCUT2D eigenvalue weighted by atomic mass is 35.5. The maximum atomic E-state index is 10.4. The van der Waals surface area contributed by atoms with Crippen LogP contribution in [0.2, 0.25) is 0 Å². The topological polar surface area (TPSA) is 60.2 Å². The number of primary amides is 1. The molecule has 0 radical (unpaired) electrons. The summed E-state index contributed by atoms with van der Waals surface area (Å²) in [5.41, 5.74) is 6.16. The summed E-state index contributed by atoms with van der Waals surface area (Å²) < 4.78 is 0. The zero-order valence-electron chi connectivity index (χ0n) is 8.36. The van der Waals surface area contributed by atoms with Crippen molar-refractivity contribution in [3.63, 3.8) is 0 Å². The predicted octanol–water partition coefficient (Wildman–Crippen LogP) is 1.53. The van der Waals surface area contributed by atoms with E-state index in [0.717, 1.165) is 12.0 Å². The Balaban J connectivity index is 0.000000423. The zero-order chi connectivity index (χ0) is 11.5. The number of carbonyl (C=O) groups excluding carboxylic acids is 2. The molecule has 0 spiro atoms. The van der Waals surface area contributed by atoms with E-state index in [1.54, 1.807) is 0 Å². The highest BCUT2D eigenvalue weighted by Gasteiger charge is 1.94. The van der Waals surface area contributed by atoms with Gasteiger partial charge in [0, 0.05) is 6.42 Å². The Hall–Kier alpha value is -1.35. The smallest absolute Gasteiger partial charge is 0.217 e. The second kappa shape index (κ2) is 9.21. The van der Waals surface area contributed by atoms with Crippen LogP contribution in [0.3, 0.4) is 0 Å². The first-order valence-corrected chi connectivity index (χ1v) is 5.06. The third-order valence-corrected chi connectivity index (χ3v) is 1.69. The molecule has 0 aliphatic rings. The molecule has 0 heterocycles. The number of hydrogen-bond acceptors (Lipinski definition) is 2. The highest BCUT2D eigenvalue weighted by Crippen LogP contribution is 2.00. The quantitative estimate of drug-likeness (QED) is 0.627. The van der Waals surface area contributed by atoms with Crippen molar-refractivity contribution in [3.05, 3.63) is 35.9 Å². The Morgan fingerprint density at radius 1 is 1.33 bits per heavy atom. The summed E-state index contributed by atoms with van der Waals surface area (Å²) in [6.45, 7) is 0. The van der Waals surface area contributed by atoms with Gasteiger partial charge in [-0.15, -0.1) is 11.6 Å². The fraction of sp³-hybridized carbons (Fsp3) is 0.273. The van der Waals surface area contributed by atoms with Gasteiger partial charge in [0.15, 0.2) is 0 Å². The van der Waals surface area contributed by atoms with Gasteiger partial charge in [0.1, 0.15) is 6.29 Å². The molecule has 0 aliphatic heterocycles. The summed E-state index contributed by atoms with van der Waals surface area (Å²) >= 11 is 4.82. The van der Waals surface area contributed by atoms with Crippen LogP contribution in [0.15, 0.2) is 30.3 Å². The average molecular weight is 228 g/mol. The van der Waals surface area contributed by atoms with E-state index in [-0.39, 0.29) is 11.8 Å². The van der Waals surface area contributed by atoms with E-state index in [1.165, 1.54) is 0 Å². The van der Waals surface area contributed by atoms with Crippen molar-refractivity contribution in [2.24, 2.45) is 5.73 Å². The molecule has 0 unspecified atom stereocenters. The van der Waals surface area contributed by atoms with Gasteiger partial charge in [0.05, 0.1) is 5.88 Å². The Kier molecular flexibility index (Phi) is 8.39. The summed E-state index contributed by atoms with van der Waals surface area (Å²) in [6, 6.07) is 9.84. The standard InChI is InChI=1S/C9H11NO.C2H3ClO/c10-9(11)7-6-8-4-2-1-3-5-8;3-1-2-4/h1-5H,6-7H2,(H2,10,11);2H,1H2. The molecule has 0 atom stereocenters. The number of aldehydes is 1. The van der Waals surface area contributed by atoms with Gasteiger partial charge in [0.25, 0.3) is 0 Å². The molecule has 0 saturated carbocycles. The summed E-state index contributed by atoms with van der Waals surface area (Å²) in [5.74, 6) is -0.131. The second-order valence-electron chi connectivity index (χ2n) is 2.77. The fourth-order valence-corrected chi connectivity index (χ4v) is 0.912. The van der Waals surface area contributed by atoms with E-state index in [0.29, 0.717) is 12.7 Å². The number of aryl methyl sites for hydroxylation is 1. The van der Waals surface area contributed by atoms with Gasteiger partial charge in [-0.1, -0.05) is 30.3 Å². The van der Waals surface area contributed by atoms with Crippen molar-refractivity contribution in [1.29, 1.82) is 0 Å². The van der Waals surface area contributed by atoms with Crippen LogP contribution in [0.1, 0.15) is 12.0 Å². The number of hydrogen-bond donors (Lipinski definition) is 1. The first kappa shape index (κ1) is 13.7. The van der Waals surface area contributed by atoms with E-state index in [9.17, 15) is 4.79 Å². The lowest BCUT2D eigenvalue weighted by Gasteiger charge is -1.96. The number of alkyl halides is 1. The number of benzene rings is 1. The van der Waals surface area contributed by atoms with Gasteiger partial charge in [-0.2, -0.15) is 0 Å². The minimum atomic E-state index is -0.242. The maximum Gasteiger partial charge on any atom is 0.217 e. The minimum Gasteiger partial charge on any atom is -0.370 e. The third kappa shape index (κ3) is 8.97. The summed E-state index contributed by atoms with van der Waals surface area (Å²) in [4.78, 5) is 19.4. The molecular formula is C11H14ClNO2. The lowest BCUT2D eigenvalue weighted by atomic mass is 10.1. The Labute approximate surface area is 94.2 Å². The molecule has 0 bridgehead atoms. The van der Waals surface area contributed by atoms with E-state index >= 15 is 0 Å². The van der Waals surface area contributed by atoms with Crippen LogP contribution in [0.4, 0.5) is 0 Å². The van der Waals surface area contributed by atoms with Crippen LogP contribution in [-0.4, -0.2) is 18.1 Å². The van der Waals surface area contributed by atoms with Crippen LogP contribution in [0, 0.1) is 0 Å². The first-order chi connectivity index (χ1) is 7.20. The van der Waals surface area contributed by atoms with Crippen LogP contribution in [0.5, 0.6) is 0 Å². The molecule has 0 aromatic heterocycles. The van der Waals surface area contributed by atoms with Crippen LogP contribution in [0.25, 0.3) is 0 Å². The summed E-state index contributed by atoms with van der Waals surface area (Å²) in [7, 11) is 0. The van der Waals surface area contributed by atoms with Crippen LogP contribution >= 0.6 is 11.6 Å². The van der Waals surface area contributed by atoms with Crippen LogP contribution in [-0.2, 0) is 16.0 Å². The number of carbonyl (C=O) groups is 2. The van der Waals surface area contributed by atoms with Crippen molar-refractivity contribution in [2.45, 2.75) is 12.8 Å². The van der Waals surface area contributed by atoms with Gasteiger partial charge in [-0.05, 0) is 12.0 Å². The minimum absolute atomic E-state index is 0.111. The molecule has 15 heavy (non-hydrogen) atoms. The van der Waals surface area contributed by atoms with E-state index in [2.05, 4.69) is 0 Å². The average Bonchev–Trinajstić information content (AvgIpc) is 2.28. The van der Waals surface area contributed by atoms with Gasteiger partial charge in [-0.3, -0.25) is 4.79 Å². The molecule has 2 N–H and O–H groups in total. The van der Waals surface area contributed by atoms with Crippen molar-refractivity contribution in [1.82, 2.24) is 0 Å². The number of rotatable bonds is 4. The van der Waals surface area contributed by atoms with E-state index in [1.807, 2.05) is 30.3 Å². The van der Waals surface area contributed by atoms with Crippen molar-refractivity contribution < 1.29 is 9.59 Å². The third-order valence-electron chi connectivity index (χ3n) is 1.57. The normalized spacial score (nSPS) is 8.60. The van der Waals surface area contributed by atoms with Gasteiger partial charge in [0.2, 0.25) is 5.91 Å². The van der Waals surface area contributed by atoms with Gasteiger partial charge >= 0.3 is 0 Å². The van der Waals surface area contributed by atoms with Crippen molar-refractivity contribution in [3.8, 4) is 0 Å². The fourth-order valence-electron chi connectivity index (χ4n) is 0.912. The molecule has 0 fully saturated rings. The first-order valence-electron chi connectivity index (χ1n) is 4.52. The second-order valence-corrected chi connectivity index (χ2v) is 3.08. The molecule has 0 aliphatic carbocycles. The van der Waals surface area contributed by atoms with Crippen molar-refractivity contribution in [2.75, 3.05) is 5.88 Å². The largest absolute Gasteiger partial charge is 0.370 e. The number of halogens is 1. The Morgan fingerprint density at radius 2 is 1.87 bits per heavy atom. The van der Waals surface area contributed by atoms with Gasteiger partial charge < -0.3 is 10.5 Å². The lowest BCUT2D eigenvalue weighted by molar-refractivity contribution is -0.118. The number of nitrogens with two attached hydrogens (primary N) is 1. The molecule has 82 valence electrons. The summed E-state index contributed by atoms with van der Waals surface area (Å²) in [5, 5.41) is 0.